The molecule has 0 saturated heterocycles. The number of aromatic nitrogens is 2. The maximum Gasteiger partial charge on any atom is 0.349 e. The highest BCUT2D eigenvalue weighted by Gasteiger charge is 2.24. The highest BCUT2D eigenvalue weighted by atomic mass is 32.1. The molecule has 0 saturated carbocycles. The van der Waals surface area contributed by atoms with E-state index in [1.165, 1.54) is 6.92 Å². The largest absolute Gasteiger partial charge is 0.494 e. The van der Waals surface area contributed by atoms with Crippen molar-refractivity contribution >= 4 is 39.1 Å². The smallest absolute Gasteiger partial charge is 0.349 e. The number of aryl methyl sites for hydroxylation is 2. The second-order valence-electron chi connectivity index (χ2n) is 6.38. The Balaban J connectivity index is 1.70. The van der Waals surface area contributed by atoms with Crippen LogP contribution in [-0.2, 0) is 9.53 Å². The molecule has 0 aliphatic heterocycles. The molecule has 1 amide bonds. The van der Waals surface area contributed by atoms with Crippen molar-refractivity contribution in [1.29, 1.82) is 0 Å². The standard InChI is InChI=1S/C20H21N3O5S/c1-5-27-14-8-6-13(7-9-14)23-17(24)11(3)28-20(26)16-10(2)15-18(25)21-12(4)22-19(15)29-16/h6-9,11H,5H2,1-4H3,(H,23,24)(H,21,22,25)/t11-/m1/s1. The van der Waals surface area contributed by atoms with Gasteiger partial charge in [-0.1, -0.05) is 0 Å². The Morgan fingerprint density at radius 2 is 1.93 bits per heavy atom. The number of aromatic amines is 1. The van der Waals surface area contributed by atoms with Crippen LogP contribution in [-0.4, -0.2) is 34.6 Å². The molecule has 8 nitrogen and oxygen atoms in total. The molecule has 2 aromatic heterocycles. The first-order valence-electron chi connectivity index (χ1n) is 9.04. The third kappa shape index (κ3) is 4.45. The SMILES string of the molecule is CCOc1ccc(NC(=O)[C@@H](C)OC(=O)c2sc3nc(C)[nH]c(=O)c3c2C)cc1. The van der Waals surface area contributed by atoms with E-state index in [9.17, 15) is 14.4 Å². The number of hydrogen-bond donors (Lipinski definition) is 2. The van der Waals surface area contributed by atoms with E-state index in [1.807, 2.05) is 6.92 Å². The van der Waals surface area contributed by atoms with Gasteiger partial charge >= 0.3 is 5.97 Å². The second-order valence-corrected chi connectivity index (χ2v) is 7.38. The molecule has 9 heteroatoms. The van der Waals surface area contributed by atoms with E-state index in [0.29, 0.717) is 39.6 Å². The number of hydrogen-bond acceptors (Lipinski definition) is 7. The van der Waals surface area contributed by atoms with E-state index in [2.05, 4.69) is 15.3 Å². The molecular formula is C20H21N3O5S. The lowest BCUT2D eigenvalue weighted by Gasteiger charge is -2.13. The van der Waals surface area contributed by atoms with Gasteiger partial charge in [-0.05, 0) is 57.5 Å². The molecule has 0 bridgehead atoms. The van der Waals surface area contributed by atoms with Crippen molar-refractivity contribution in [2.24, 2.45) is 0 Å². The first-order valence-corrected chi connectivity index (χ1v) is 9.86. The summed E-state index contributed by atoms with van der Waals surface area (Å²) in [6.45, 7) is 7.25. The summed E-state index contributed by atoms with van der Waals surface area (Å²) < 4.78 is 10.7. The average molecular weight is 415 g/mol. The number of amides is 1. The van der Waals surface area contributed by atoms with E-state index >= 15 is 0 Å². The van der Waals surface area contributed by atoms with Crippen molar-refractivity contribution in [3.8, 4) is 5.75 Å². The molecule has 0 unspecified atom stereocenters. The van der Waals surface area contributed by atoms with Crippen molar-refractivity contribution in [2.75, 3.05) is 11.9 Å². The summed E-state index contributed by atoms with van der Waals surface area (Å²) >= 11 is 1.07. The minimum atomic E-state index is -1.02. The van der Waals surface area contributed by atoms with Crippen molar-refractivity contribution in [1.82, 2.24) is 9.97 Å². The lowest BCUT2D eigenvalue weighted by molar-refractivity contribution is -0.123. The fraction of sp³-hybridized carbons (Fsp3) is 0.300. The molecule has 3 aromatic rings. The minimum absolute atomic E-state index is 0.254. The number of esters is 1. The Hall–Kier alpha value is -3.20. The summed E-state index contributed by atoms with van der Waals surface area (Å²) in [6, 6.07) is 6.88. The van der Waals surface area contributed by atoms with Crippen LogP contribution < -0.4 is 15.6 Å². The zero-order chi connectivity index (χ0) is 21.1. The number of H-pyrrole nitrogens is 1. The predicted molar refractivity (Wildman–Crippen MR) is 111 cm³/mol. The Labute approximate surface area is 170 Å². The maximum atomic E-state index is 12.6. The van der Waals surface area contributed by atoms with Gasteiger partial charge in [0.1, 0.15) is 21.3 Å². The maximum absolute atomic E-state index is 12.6. The number of carbonyl (C=O) groups excluding carboxylic acids is 2. The molecule has 3 rings (SSSR count). The van der Waals surface area contributed by atoms with E-state index in [-0.39, 0.29) is 10.4 Å². The van der Waals surface area contributed by atoms with Crippen molar-refractivity contribution < 1.29 is 19.1 Å². The lowest BCUT2D eigenvalue weighted by Crippen LogP contribution is -2.29. The van der Waals surface area contributed by atoms with Gasteiger partial charge in [0.2, 0.25) is 0 Å². The Morgan fingerprint density at radius 1 is 1.24 bits per heavy atom. The summed E-state index contributed by atoms with van der Waals surface area (Å²) in [4.78, 5) is 44.7. The van der Waals surface area contributed by atoms with Crippen molar-refractivity contribution in [2.45, 2.75) is 33.8 Å². The molecule has 0 radical (unpaired) electrons. The number of fused-ring (bicyclic) bond motifs is 1. The molecule has 2 heterocycles. The summed E-state index contributed by atoms with van der Waals surface area (Å²) in [5.74, 6) is 0.0285. The van der Waals surface area contributed by atoms with E-state index in [0.717, 1.165) is 11.3 Å². The molecule has 2 N–H and O–H groups in total. The molecule has 1 aromatic carbocycles. The van der Waals surface area contributed by atoms with Crippen molar-refractivity contribution in [3.63, 3.8) is 0 Å². The topological polar surface area (TPSA) is 110 Å². The molecule has 0 spiro atoms. The summed E-state index contributed by atoms with van der Waals surface area (Å²) in [5, 5.41) is 3.05. The fourth-order valence-corrected chi connectivity index (χ4v) is 3.87. The normalized spacial score (nSPS) is 11.9. The quantitative estimate of drug-likeness (QED) is 0.598. The molecule has 1 atom stereocenters. The van der Waals surface area contributed by atoms with Crippen LogP contribution in [0.3, 0.4) is 0 Å². The number of carbonyl (C=O) groups is 2. The first kappa shape index (κ1) is 20.5. The van der Waals surface area contributed by atoms with Gasteiger partial charge < -0.3 is 19.8 Å². The van der Waals surface area contributed by atoms with E-state index in [4.69, 9.17) is 9.47 Å². The summed E-state index contributed by atoms with van der Waals surface area (Å²) in [7, 11) is 0. The van der Waals surface area contributed by atoms with Crippen LogP contribution in [0.15, 0.2) is 29.1 Å². The van der Waals surface area contributed by atoms with Crippen LogP contribution in [0.5, 0.6) is 5.75 Å². The van der Waals surface area contributed by atoms with E-state index < -0.39 is 18.0 Å². The number of rotatable bonds is 6. The van der Waals surface area contributed by atoms with E-state index in [1.54, 1.807) is 38.1 Å². The second kappa shape index (κ2) is 8.44. The lowest BCUT2D eigenvalue weighted by atomic mass is 10.2. The van der Waals surface area contributed by atoms with Crippen LogP contribution in [0.25, 0.3) is 10.2 Å². The number of nitrogens with one attached hydrogen (secondary N) is 2. The average Bonchev–Trinajstić information content (AvgIpc) is 3.00. The molecular weight excluding hydrogens is 394 g/mol. The van der Waals surface area contributed by atoms with Gasteiger partial charge in [0.15, 0.2) is 6.10 Å². The Morgan fingerprint density at radius 3 is 2.59 bits per heavy atom. The summed E-state index contributed by atoms with van der Waals surface area (Å²) in [6.07, 6.45) is -1.02. The van der Waals surface area contributed by atoms with Crippen molar-refractivity contribution in [3.05, 3.63) is 50.9 Å². The molecule has 152 valence electrons. The van der Waals surface area contributed by atoms with Gasteiger partial charge in [-0.25, -0.2) is 9.78 Å². The third-order valence-corrected chi connectivity index (χ3v) is 5.36. The number of nitrogens with zero attached hydrogens (tertiary/aromatic N) is 1. The summed E-state index contributed by atoms with van der Waals surface area (Å²) in [5.41, 5.74) is 0.745. The predicted octanol–water partition coefficient (Wildman–Crippen LogP) is 3.18. The highest BCUT2D eigenvalue weighted by Crippen LogP contribution is 2.28. The highest BCUT2D eigenvalue weighted by molar-refractivity contribution is 7.20. The number of anilines is 1. The van der Waals surface area contributed by atoms with Gasteiger partial charge in [0.05, 0.1) is 12.0 Å². The molecule has 0 aliphatic carbocycles. The zero-order valence-electron chi connectivity index (χ0n) is 16.5. The zero-order valence-corrected chi connectivity index (χ0v) is 17.3. The van der Waals surface area contributed by atoms with Gasteiger partial charge in [-0.15, -0.1) is 11.3 Å². The van der Waals surface area contributed by atoms with Crippen LogP contribution in [0, 0.1) is 13.8 Å². The molecule has 0 fully saturated rings. The van der Waals surface area contributed by atoms with Gasteiger partial charge in [-0.3, -0.25) is 9.59 Å². The number of thiophene rings is 1. The molecule has 29 heavy (non-hydrogen) atoms. The van der Waals surface area contributed by atoms with Crippen LogP contribution >= 0.6 is 11.3 Å². The Bertz CT molecular complexity index is 1120. The number of ether oxygens (including phenoxy) is 2. The fourth-order valence-electron chi connectivity index (χ4n) is 2.76. The Kier molecular flexibility index (Phi) is 5.97. The third-order valence-electron chi connectivity index (χ3n) is 4.19. The van der Waals surface area contributed by atoms with Crippen LogP contribution in [0.2, 0.25) is 0 Å². The molecule has 0 aliphatic rings. The van der Waals surface area contributed by atoms with Crippen LogP contribution in [0.1, 0.15) is 34.9 Å². The monoisotopic (exact) mass is 415 g/mol. The van der Waals surface area contributed by atoms with Gasteiger partial charge in [0, 0.05) is 5.69 Å². The van der Waals surface area contributed by atoms with Gasteiger partial charge in [0.25, 0.3) is 11.5 Å². The van der Waals surface area contributed by atoms with Gasteiger partial charge in [-0.2, -0.15) is 0 Å². The number of benzene rings is 1. The minimum Gasteiger partial charge on any atom is -0.494 e. The van der Waals surface area contributed by atoms with Crippen LogP contribution in [0.4, 0.5) is 5.69 Å². The first-order chi connectivity index (χ1) is 13.8.